The van der Waals surface area contributed by atoms with E-state index in [0.717, 1.165) is 28.5 Å². The van der Waals surface area contributed by atoms with Gasteiger partial charge in [0.25, 0.3) is 0 Å². The number of aromatic nitrogens is 3. The number of hydrogen-bond acceptors (Lipinski definition) is 3. The molecule has 4 nitrogen and oxygen atoms in total. The summed E-state index contributed by atoms with van der Waals surface area (Å²) in [4.78, 5) is 8.97. The lowest BCUT2D eigenvalue weighted by atomic mass is 10.2. The molecule has 0 aliphatic rings. The summed E-state index contributed by atoms with van der Waals surface area (Å²) in [6.45, 7) is 5.85. The molecule has 0 aliphatic heterocycles. The van der Waals surface area contributed by atoms with Crippen molar-refractivity contribution in [2.24, 2.45) is 0 Å². The quantitative estimate of drug-likeness (QED) is 0.644. The molecule has 3 heterocycles. The zero-order valence-corrected chi connectivity index (χ0v) is 13.5. The largest absolute Gasteiger partial charge is 0.464 e. The molecular weight excluding hydrogens is 309 g/mol. The lowest BCUT2D eigenvalue weighted by Gasteiger charge is -2.16. The second-order valence-corrected chi connectivity index (χ2v) is 6.17. The number of hydrogen-bond donors (Lipinski definition) is 0. The molecule has 0 radical (unpaired) electrons. The average molecular weight is 324 g/mol. The van der Waals surface area contributed by atoms with E-state index in [9.17, 15) is 0 Å². The molecule has 6 heteroatoms. The van der Waals surface area contributed by atoms with E-state index >= 15 is 0 Å². The first-order valence-corrected chi connectivity index (χ1v) is 7.52. The van der Waals surface area contributed by atoms with E-state index in [4.69, 9.17) is 27.6 Å². The fourth-order valence-electron chi connectivity index (χ4n) is 2.44. The van der Waals surface area contributed by atoms with Gasteiger partial charge in [-0.15, -0.1) is 11.6 Å². The second kappa shape index (κ2) is 5.35. The standard InChI is InChI=1S/C15H15Cl2N3O/c1-8-4-5-13(21-8)10(3)20-14(9(2)16)19-12-6-11(17)7-18-15(12)20/h4-7,9-10H,1-3H3. The van der Waals surface area contributed by atoms with Crippen molar-refractivity contribution in [2.45, 2.75) is 32.2 Å². The van der Waals surface area contributed by atoms with Gasteiger partial charge < -0.3 is 8.98 Å². The molecule has 110 valence electrons. The first-order chi connectivity index (χ1) is 9.97. The predicted octanol–water partition coefficient (Wildman–Crippen LogP) is 4.90. The molecule has 3 aromatic rings. The Morgan fingerprint density at radius 2 is 2.05 bits per heavy atom. The van der Waals surface area contributed by atoms with Crippen molar-refractivity contribution in [3.05, 3.63) is 46.8 Å². The van der Waals surface area contributed by atoms with Crippen LogP contribution in [0.5, 0.6) is 0 Å². The highest BCUT2D eigenvalue weighted by Gasteiger charge is 2.22. The fourth-order valence-corrected chi connectivity index (χ4v) is 2.75. The van der Waals surface area contributed by atoms with Crippen LogP contribution >= 0.6 is 23.2 Å². The Morgan fingerprint density at radius 1 is 1.29 bits per heavy atom. The monoisotopic (exact) mass is 323 g/mol. The van der Waals surface area contributed by atoms with E-state index in [1.54, 1.807) is 12.3 Å². The molecule has 0 aromatic carbocycles. The smallest absolute Gasteiger partial charge is 0.160 e. The van der Waals surface area contributed by atoms with Crippen molar-refractivity contribution in [3.63, 3.8) is 0 Å². The minimum Gasteiger partial charge on any atom is -0.464 e. The summed E-state index contributed by atoms with van der Waals surface area (Å²) in [5, 5.41) is 0.318. The van der Waals surface area contributed by atoms with Gasteiger partial charge in [-0.05, 0) is 39.0 Å². The molecule has 0 amide bonds. The molecule has 0 bridgehead atoms. The summed E-state index contributed by atoms with van der Waals surface area (Å²) in [6.07, 6.45) is 1.62. The third kappa shape index (κ3) is 2.54. The van der Waals surface area contributed by atoms with Crippen LogP contribution in [-0.4, -0.2) is 14.5 Å². The van der Waals surface area contributed by atoms with Crippen molar-refractivity contribution in [2.75, 3.05) is 0 Å². The SMILES string of the molecule is Cc1ccc(C(C)n2c(C(C)Cl)nc3cc(Cl)cnc32)o1. The van der Waals surface area contributed by atoms with Crippen LogP contribution in [0.1, 0.15) is 42.6 Å². The summed E-state index contributed by atoms with van der Waals surface area (Å²) < 4.78 is 7.73. The first-order valence-electron chi connectivity index (χ1n) is 6.71. The molecule has 2 unspecified atom stereocenters. The Kier molecular flexibility index (Phi) is 3.68. The molecule has 3 rings (SSSR count). The molecule has 3 aromatic heterocycles. The van der Waals surface area contributed by atoms with Crippen LogP contribution in [0.3, 0.4) is 0 Å². The highest BCUT2D eigenvalue weighted by Crippen LogP contribution is 2.31. The third-order valence-electron chi connectivity index (χ3n) is 3.44. The fraction of sp³-hybridized carbons (Fsp3) is 0.333. The van der Waals surface area contributed by atoms with Crippen molar-refractivity contribution in [3.8, 4) is 0 Å². The number of fused-ring (bicyclic) bond motifs is 1. The lowest BCUT2D eigenvalue weighted by molar-refractivity contribution is 0.427. The third-order valence-corrected chi connectivity index (χ3v) is 3.84. The van der Waals surface area contributed by atoms with E-state index in [1.165, 1.54) is 0 Å². The summed E-state index contributed by atoms with van der Waals surface area (Å²) in [5.74, 6) is 2.47. The van der Waals surface area contributed by atoms with E-state index in [1.807, 2.05) is 37.5 Å². The second-order valence-electron chi connectivity index (χ2n) is 5.08. The molecular formula is C15H15Cl2N3O. The maximum absolute atomic E-state index is 6.28. The minimum atomic E-state index is -0.239. The highest BCUT2D eigenvalue weighted by atomic mass is 35.5. The molecule has 0 fully saturated rings. The van der Waals surface area contributed by atoms with Gasteiger partial charge in [0.2, 0.25) is 0 Å². The van der Waals surface area contributed by atoms with E-state index in [-0.39, 0.29) is 11.4 Å². The van der Waals surface area contributed by atoms with Crippen LogP contribution in [0.15, 0.2) is 28.8 Å². The van der Waals surface area contributed by atoms with Crippen LogP contribution in [0.25, 0.3) is 11.2 Å². The number of aryl methyl sites for hydroxylation is 1. The Balaban J connectivity index is 2.21. The average Bonchev–Trinajstić information content (AvgIpc) is 3.01. The van der Waals surface area contributed by atoms with E-state index in [0.29, 0.717) is 5.02 Å². The van der Waals surface area contributed by atoms with Crippen molar-refractivity contribution in [1.29, 1.82) is 0 Å². The van der Waals surface area contributed by atoms with Crippen LogP contribution < -0.4 is 0 Å². The van der Waals surface area contributed by atoms with Gasteiger partial charge in [0.05, 0.1) is 16.4 Å². The predicted molar refractivity (Wildman–Crippen MR) is 84.1 cm³/mol. The highest BCUT2D eigenvalue weighted by molar-refractivity contribution is 6.31. The minimum absolute atomic E-state index is 0.0476. The summed E-state index contributed by atoms with van der Waals surface area (Å²) >= 11 is 12.3. The number of pyridine rings is 1. The van der Waals surface area contributed by atoms with Gasteiger partial charge in [-0.2, -0.15) is 0 Å². The molecule has 2 atom stereocenters. The maximum Gasteiger partial charge on any atom is 0.160 e. The zero-order chi connectivity index (χ0) is 15.1. The number of alkyl halides is 1. The zero-order valence-electron chi connectivity index (χ0n) is 12.0. The lowest BCUT2D eigenvalue weighted by Crippen LogP contribution is -2.11. The Labute approximate surface area is 132 Å². The van der Waals surface area contributed by atoms with Crippen LogP contribution in [-0.2, 0) is 0 Å². The van der Waals surface area contributed by atoms with Crippen molar-refractivity contribution < 1.29 is 4.42 Å². The number of rotatable bonds is 3. The van der Waals surface area contributed by atoms with Crippen LogP contribution in [0.4, 0.5) is 0 Å². The molecule has 0 N–H and O–H groups in total. The number of furan rings is 1. The maximum atomic E-state index is 6.28. The Hall–Kier alpha value is -1.52. The summed E-state index contributed by atoms with van der Waals surface area (Å²) in [7, 11) is 0. The Bertz CT molecular complexity index is 791. The molecule has 0 saturated carbocycles. The van der Waals surface area contributed by atoms with Crippen LogP contribution in [0.2, 0.25) is 5.02 Å². The summed E-state index contributed by atoms with van der Waals surface area (Å²) in [5.41, 5.74) is 1.49. The number of halogens is 2. The first kappa shape index (κ1) is 14.4. The van der Waals surface area contributed by atoms with Gasteiger partial charge in [-0.25, -0.2) is 9.97 Å². The van der Waals surface area contributed by atoms with Gasteiger partial charge >= 0.3 is 0 Å². The number of nitrogens with zero attached hydrogens (tertiary/aromatic N) is 3. The number of imidazole rings is 1. The van der Waals surface area contributed by atoms with Gasteiger partial charge in [-0.1, -0.05) is 11.6 Å². The molecule has 21 heavy (non-hydrogen) atoms. The van der Waals surface area contributed by atoms with Crippen LogP contribution in [0, 0.1) is 6.92 Å². The van der Waals surface area contributed by atoms with E-state index < -0.39 is 0 Å². The van der Waals surface area contributed by atoms with Crippen molar-refractivity contribution in [1.82, 2.24) is 14.5 Å². The van der Waals surface area contributed by atoms with Gasteiger partial charge in [0, 0.05) is 6.20 Å². The molecule has 0 spiro atoms. The summed E-state index contributed by atoms with van der Waals surface area (Å²) in [6, 6.07) is 5.65. The topological polar surface area (TPSA) is 43.9 Å². The molecule has 0 aliphatic carbocycles. The van der Waals surface area contributed by atoms with Gasteiger partial charge in [0.1, 0.15) is 22.9 Å². The van der Waals surface area contributed by atoms with Crippen molar-refractivity contribution >= 4 is 34.4 Å². The normalized spacial score (nSPS) is 14.5. The van der Waals surface area contributed by atoms with E-state index in [2.05, 4.69) is 9.97 Å². The Morgan fingerprint density at radius 3 is 2.67 bits per heavy atom. The van der Waals surface area contributed by atoms with Gasteiger partial charge in [0.15, 0.2) is 5.65 Å². The van der Waals surface area contributed by atoms with Gasteiger partial charge in [-0.3, -0.25) is 0 Å². The molecule has 0 saturated heterocycles.